The number of nitrogens with zero attached hydrogens (tertiary/aromatic N) is 3. The minimum atomic E-state index is -0.588. The number of ether oxygens (including phenoxy) is 2. The van der Waals surface area contributed by atoms with Crippen molar-refractivity contribution in [2.24, 2.45) is 0 Å². The number of anilines is 2. The van der Waals surface area contributed by atoms with Gasteiger partial charge in [0.25, 0.3) is 0 Å². The Balaban J connectivity index is 1.72. The van der Waals surface area contributed by atoms with Crippen molar-refractivity contribution in [3.05, 3.63) is 76.9 Å². The van der Waals surface area contributed by atoms with E-state index in [9.17, 15) is 9.59 Å². The summed E-state index contributed by atoms with van der Waals surface area (Å²) in [6, 6.07) is 15.2. The fraction of sp³-hybridized carbons (Fsp3) is 0.174. The van der Waals surface area contributed by atoms with Crippen LogP contribution in [0.1, 0.15) is 20.7 Å². The molecule has 0 aliphatic heterocycles. The Labute approximate surface area is 185 Å². The van der Waals surface area contributed by atoms with Gasteiger partial charge in [-0.05, 0) is 48.5 Å². The van der Waals surface area contributed by atoms with E-state index in [1.54, 1.807) is 48.5 Å². The Bertz CT molecular complexity index is 1080. The second-order valence-corrected chi connectivity index (χ2v) is 7.52. The Morgan fingerprint density at radius 2 is 1.23 bits per heavy atom. The van der Waals surface area contributed by atoms with Gasteiger partial charge >= 0.3 is 11.9 Å². The van der Waals surface area contributed by atoms with Gasteiger partial charge in [0, 0.05) is 45.6 Å². The third kappa shape index (κ3) is 5.52. The number of hydrogen-bond donors (Lipinski definition) is 0. The number of carbonyl (C=O) groups excluding carboxylic acids is 2. The van der Waals surface area contributed by atoms with Crippen molar-refractivity contribution in [3.63, 3.8) is 0 Å². The second-order valence-electron chi connectivity index (χ2n) is 7.11. The molecule has 3 aromatic rings. The summed E-state index contributed by atoms with van der Waals surface area (Å²) in [5.41, 5.74) is 2.63. The largest absolute Gasteiger partial charge is 0.421 e. The predicted octanol–water partition coefficient (Wildman–Crippen LogP) is 4.31. The van der Waals surface area contributed by atoms with E-state index in [0.29, 0.717) is 11.1 Å². The van der Waals surface area contributed by atoms with Crippen LogP contribution >= 0.6 is 11.6 Å². The van der Waals surface area contributed by atoms with Crippen molar-refractivity contribution in [2.75, 3.05) is 38.0 Å². The number of halogens is 1. The molecule has 0 amide bonds. The van der Waals surface area contributed by atoms with Gasteiger partial charge in [0.1, 0.15) is 5.02 Å². The van der Waals surface area contributed by atoms with Crippen molar-refractivity contribution in [3.8, 4) is 11.6 Å². The monoisotopic (exact) mass is 439 g/mol. The average Bonchev–Trinajstić information content (AvgIpc) is 2.76. The Kier molecular flexibility index (Phi) is 6.77. The molecule has 0 spiro atoms. The average molecular weight is 440 g/mol. The highest BCUT2D eigenvalue weighted by molar-refractivity contribution is 6.32. The highest BCUT2D eigenvalue weighted by Crippen LogP contribution is 2.28. The second kappa shape index (κ2) is 9.49. The minimum Gasteiger partial charge on any atom is -0.421 e. The number of benzene rings is 2. The molecule has 160 valence electrons. The SMILES string of the molecule is CN(C)c1ccc(C(=O)Oc2cc(OC(=O)c3ccc(N(C)C)cc3)c(Cl)cn2)cc1. The van der Waals surface area contributed by atoms with E-state index < -0.39 is 11.9 Å². The fourth-order valence-electron chi connectivity index (χ4n) is 2.64. The number of pyridine rings is 1. The normalized spacial score (nSPS) is 10.4. The van der Waals surface area contributed by atoms with Crippen LogP contribution in [0.15, 0.2) is 60.8 Å². The quantitative estimate of drug-likeness (QED) is 0.530. The number of aromatic nitrogens is 1. The zero-order chi connectivity index (χ0) is 22.5. The summed E-state index contributed by atoms with van der Waals surface area (Å²) in [5, 5.41) is 0.119. The molecule has 0 N–H and O–H groups in total. The zero-order valence-corrected chi connectivity index (χ0v) is 18.4. The Morgan fingerprint density at radius 1 is 0.774 bits per heavy atom. The standard InChI is InChI=1S/C23H22ClN3O4/c1-26(2)17-9-5-15(6-10-17)22(28)30-20-13-21(25-14-19(20)24)31-23(29)16-7-11-18(12-8-16)27(3)4/h5-14H,1-4H3. The van der Waals surface area contributed by atoms with Crippen molar-refractivity contribution >= 4 is 34.9 Å². The van der Waals surface area contributed by atoms with E-state index in [4.69, 9.17) is 21.1 Å². The van der Waals surface area contributed by atoms with Gasteiger partial charge in [-0.15, -0.1) is 0 Å². The first-order chi connectivity index (χ1) is 14.7. The van der Waals surface area contributed by atoms with E-state index in [0.717, 1.165) is 11.4 Å². The van der Waals surface area contributed by atoms with E-state index >= 15 is 0 Å². The number of hydrogen-bond acceptors (Lipinski definition) is 7. The third-order valence-electron chi connectivity index (χ3n) is 4.43. The van der Waals surface area contributed by atoms with Gasteiger partial charge in [-0.3, -0.25) is 0 Å². The first kappa shape index (κ1) is 22.1. The van der Waals surface area contributed by atoms with Crippen molar-refractivity contribution < 1.29 is 19.1 Å². The van der Waals surface area contributed by atoms with E-state index in [2.05, 4.69) is 4.98 Å². The maximum absolute atomic E-state index is 12.5. The highest BCUT2D eigenvalue weighted by Gasteiger charge is 2.16. The summed E-state index contributed by atoms with van der Waals surface area (Å²) in [4.78, 5) is 32.7. The Morgan fingerprint density at radius 3 is 1.68 bits per heavy atom. The molecule has 0 radical (unpaired) electrons. The number of rotatable bonds is 6. The van der Waals surface area contributed by atoms with E-state index in [1.807, 2.05) is 38.0 Å². The lowest BCUT2D eigenvalue weighted by atomic mass is 10.2. The molecule has 0 unspecified atom stereocenters. The molecule has 0 bridgehead atoms. The van der Waals surface area contributed by atoms with Crippen LogP contribution in [0.3, 0.4) is 0 Å². The molecule has 0 atom stereocenters. The van der Waals surface area contributed by atoms with Crippen LogP contribution in [-0.4, -0.2) is 45.1 Å². The van der Waals surface area contributed by atoms with E-state index in [-0.39, 0.29) is 16.7 Å². The van der Waals surface area contributed by atoms with Crippen LogP contribution in [0.2, 0.25) is 5.02 Å². The predicted molar refractivity (Wildman–Crippen MR) is 121 cm³/mol. The van der Waals surface area contributed by atoms with Gasteiger partial charge in [0.05, 0.1) is 17.3 Å². The third-order valence-corrected chi connectivity index (χ3v) is 4.72. The van der Waals surface area contributed by atoms with Crippen LogP contribution in [0, 0.1) is 0 Å². The van der Waals surface area contributed by atoms with Gasteiger partial charge < -0.3 is 19.3 Å². The molecular weight excluding hydrogens is 418 g/mol. The summed E-state index contributed by atoms with van der Waals surface area (Å²) in [5.74, 6) is -1.16. The molecule has 0 aliphatic carbocycles. The fourth-order valence-corrected chi connectivity index (χ4v) is 2.78. The lowest BCUT2D eigenvalue weighted by Crippen LogP contribution is -2.13. The maximum atomic E-state index is 12.5. The van der Waals surface area contributed by atoms with Crippen LogP contribution in [-0.2, 0) is 0 Å². The molecule has 7 nitrogen and oxygen atoms in total. The highest BCUT2D eigenvalue weighted by atomic mass is 35.5. The summed E-state index contributed by atoms with van der Waals surface area (Å²) < 4.78 is 10.7. The summed E-state index contributed by atoms with van der Waals surface area (Å²) in [6.45, 7) is 0. The molecule has 0 saturated carbocycles. The van der Waals surface area contributed by atoms with Crippen molar-refractivity contribution in [1.29, 1.82) is 0 Å². The van der Waals surface area contributed by atoms with Crippen LogP contribution in [0.4, 0.5) is 11.4 Å². The summed E-state index contributed by atoms with van der Waals surface area (Å²) in [7, 11) is 7.63. The van der Waals surface area contributed by atoms with Crippen molar-refractivity contribution in [1.82, 2.24) is 4.98 Å². The van der Waals surface area contributed by atoms with E-state index in [1.165, 1.54) is 12.3 Å². The molecule has 0 saturated heterocycles. The summed E-state index contributed by atoms with van der Waals surface area (Å²) in [6.07, 6.45) is 1.26. The van der Waals surface area contributed by atoms with Crippen molar-refractivity contribution in [2.45, 2.75) is 0 Å². The minimum absolute atomic E-state index is 0.0307. The molecule has 1 aromatic heterocycles. The summed E-state index contributed by atoms with van der Waals surface area (Å²) >= 11 is 6.10. The van der Waals surface area contributed by atoms with Gasteiger partial charge in [0.2, 0.25) is 5.88 Å². The van der Waals surface area contributed by atoms with Crippen LogP contribution < -0.4 is 19.3 Å². The topological polar surface area (TPSA) is 72.0 Å². The number of carbonyl (C=O) groups is 2. The van der Waals surface area contributed by atoms with Gasteiger partial charge in [-0.1, -0.05) is 11.6 Å². The molecule has 3 rings (SSSR count). The van der Waals surface area contributed by atoms with Gasteiger partial charge in [-0.25, -0.2) is 14.6 Å². The first-order valence-electron chi connectivity index (χ1n) is 9.39. The Hall–Kier alpha value is -3.58. The van der Waals surface area contributed by atoms with Crippen LogP contribution in [0.25, 0.3) is 0 Å². The smallest absolute Gasteiger partial charge is 0.344 e. The van der Waals surface area contributed by atoms with Gasteiger partial charge in [0.15, 0.2) is 5.75 Å². The molecule has 2 aromatic carbocycles. The maximum Gasteiger partial charge on any atom is 0.344 e. The first-order valence-corrected chi connectivity index (χ1v) is 9.77. The zero-order valence-electron chi connectivity index (χ0n) is 17.6. The molecule has 31 heavy (non-hydrogen) atoms. The lowest BCUT2D eigenvalue weighted by Gasteiger charge is -2.13. The lowest BCUT2D eigenvalue weighted by molar-refractivity contribution is 0.0726. The molecule has 8 heteroatoms. The molecule has 1 heterocycles. The van der Waals surface area contributed by atoms with Gasteiger partial charge in [-0.2, -0.15) is 0 Å². The molecular formula is C23H22ClN3O4. The number of esters is 2. The molecule has 0 fully saturated rings. The molecule has 0 aliphatic rings. The van der Waals surface area contributed by atoms with Crippen LogP contribution in [0.5, 0.6) is 11.6 Å².